The Labute approximate surface area is 270 Å². The molecule has 0 radical (unpaired) electrons. The van der Waals surface area contributed by atoms with E-state index in [9.17, 15) is 27.2 Å². The predicted molar refractivity (Wildman–Crippen MR) is 170 cm³/mol. The first-order valence-corrected chi connectivity index (χ1v) is 18.0. The topological polar surface area (TPSA) is 131 Å². The third kappa shape index (κ3) is 9.10. The molecule has 2 aliphatic heterocycles. The molecule has 2 aromatic rings. The van der Waals surface area contributed by atoms with Crippen molar-refractivity contribution in [1.82, 2.24) is 14.9 Å². The number of hydrogen-bond donors (Lipinski definition) is 2. The van der Waals surface area contributed by atoms with Crippen molar-refractivity contribution in [2.24, 2.45) is 0 Å². The van der Waals surface area contributed by atoms with Gasteiger partial charge in [-0.05, 0) is 76.1 Å². The van der Waals surface area contributed by atoms with Gasteiger partial charge in [0.25, 0.3) is 0 Å². The number of nitrogens with zero attached hydrogens (tertiary/aromatic N) is 1. The van der Waals surface area contributed by atoms with E-state index in [1.807, 2.05) is 6.92 Å². The molecule has 0 bridgehead atoms. The summed E-state index contributed by atoms with van der Waals surface area (Å²) in [6, 6.07) is 5.65. The molecular weight excluding hydrogens is 653 g/mol. The molecule has 44 heavy (non-hydrogen) atoms. The van der Waals surface area contributed by atoms with Gasteiger partial charge in [-0.1, -0.05) is 11.6 Å². The maximum atomic E-state index is 13.7. The van der Waals surface area contributed by atoms with Crippen molar-refractivity contribution in [2.45, 2.75) is 62.1 Å². The van der Waals surface area contributed by atoms with Gasteiger partial charge in [-0.15, -0.1) is 11.8 Å². The summed E-state index contributed by atoms with van der Waals surface area (Å²) in [5.74, 6) is 0.237. The van der Waals surface area contributed by atoms with Crippen molar-refractivity contribution in [3.05, 3.63) is 58.4 Å². The number of sulfonamides is 1. The molecule has 0 aliphatic carbocycles. The lowest BCUT2D eigenvalue weighted by Gasteiger charge is -2.27. The van der Waals surface area contributed by atoms with Gasteiger partial charge in [0.05, 0.1) is 15.5 Å². The summed E-state index contributed by atoms with van der Waals surface area (Å²) in [5, 5.41) is 2.52. The smallest absolute Gasteiger partial charge is 0.415 e. The van der Waals surface area contributed by atoms with Crippen LogP contribution in [-0.4, -0.2) is 84.6 Å². The summed E-state index contributed by atoms with van der Waals surface area (Å²) in [4.78, 5) is 41.3. The summed E-state index contributed by atoms with van der Waals surface area (Å²) in [6.45, 7) is 7.85. The zero-order chi connectivity index (χ0) is 32.2. The van der Waals surface area contributed by atoms with Crippen molar-refractivity contribution in [2.75, 3.05) is 30.3 Å². The number of ketones is 1. The zero-order valence-corrected chi connectivity index (χ0v) is 27.9. The highest BCUT2D eigenvalue weighted by atomic mass is 35.5. The van der Waals surface area contributed by atoms with Crippen LogP contribution in [0.25, 0.3) is 0 Å². The molecule has 2 heterocycles. The number of esters is 1. The van der Waals surface area contributed by atoms with Gasteiger partial charge in [-0.25, -0.2) is 17.6 Å². The minimum Gasteiger partial charge on any atom is -0.459 e. The maximum Gasteiger partial charge on any atom is 0.415 e. The molecule has 2 N–H and O–H groups in total. The van der Waals surface area contributed by atoms with E-state index in [0.29, 0.717) is 24.4 Å². The first kappa shape index (κ1) is 34.5. The normalized spacial score (nSPS) is 19.8. The van der Waals surface area contributed by atoms with Crippen LogP contribution in [0.2, 0.25) is 5.02 Å². The van der Waals surface area contributed by atoms with Crippen LogP contribution in [0.1, 0.15) is 43.6 Å². The fourth-order valence-electron chi connectivity index (χ4n) is 4.49. The Morgan fingerprint density at radius 3 is 2.41 bits per heavy atom. The lowest BCUT2D eigenvalue weighted by molar-refractivity contribution is -0.156. The Morgan fingerprint density at radius 1 is 1.16 bits per heavy atom. The maximum absolute atomic E-state index is 13.7. The van der Waals surface area contributed by atoms with Crippen molar-refractivity contribution < 1.29 is 36.7 Å². The van der Waals surface area contributed by atoms with Crippen LogP contribution in [-0.2, 0) is 26.0 Å². The summed E-state index contributed by atoms with van der Waals surface area (Å²) in [7, 11) is -4.30. The number of rotatable bonds is 9. The third-order valence-electron chi connectivity index (χ3n) is 6.57. The molecule has 3 atom stereocenters. The minimum absolute atomic E-state index is 0.0238. The Morgan fingerprint density at radius 2 is 1.82 bits per heavy atom. The van der Waals surface area contributed by atoms with Gasteiger partial charge in [0.15, 0.2) is 11.5 Å². The molecule has 1 unspecified atom stereocenters. The first-order chi connectivity index (χ1) is 20.6. The monoisotopic (exact) mass is 687 g/mol. The van der Waals surface area contributed by atoms with Crippen LogP contribution in [0.5, 0.6) is 5.75 Å². The first-order valence-electron chi connectivity index (χ1n) is 13.9. The Balaban J connectivity index is 1.70. The van der Waals surface area contributed by atoms with Crippen LogP contribution in [0.3, 0.4) is 0 Å². The molecule has 1 amide bonds. The molecule has 0 aromatic heterocycles. The van der Waals surface area contributed by atoms with Crippen LogP contribution in [0.15, 0.2) is 41.3 Å². The fraction of sp³-hybridized carbons (Fsp3) is 0.483. The van der Waals surface area contributed by atoms with Gasteiger partial charge < -0.3 is 14.4 Å². The number of carbonyl (C=O) groups is 3. The lowest BCUT2D eigenvalue weighted by atomic mass is 10.00. The summed E-state index contributed by atoms with van der Waals surface area (Å²) in [5.41, 5.74) is -0.598. The van der Waals surface area contributed by atoms with Crippen molar-refractivity contribution >= 4 is 63.0 Å². The standard InChI is InChI=1S/C29H35ClFN3O7S3/c1-17-16-43-26(32-17)24(35)21-13-18(14-22(30)25(21)40-28(37)34-9-11-42-12-10-34)15-23(27(36)41-29(2,3)4)33-44(38,39)20-7-5-19(31)6-8-20/h5-8,13-14,17,23,26,32-33H,9-12,15-16H2,1-4H3/t17?,23-,26-/m0/s1. The molecule has 2 aromatic carbocycles. The van der Waals surface area contributed by atoms with E-state index in [2.05, 4.69) is 10.0 Å². The average Bonchev–Trinajstić information content (AvgIpc) is 3.39. The van der Waals surface area contributed by atoms with Crippen LogP contribution < -0.4 is 14.8 Å². The summed E-state index contributed by atoms with van der Waals surface area (Å²) < 4.78 is 53.4. The van der Waals surface area contributed by atoms with E-state index in [1.54, 1.807) is 37.4 Å². The van der Waals surface area contributed by atoms with Gasteiger partial charge >= 0.3 is 12.1 Å². The van der Waals surface area contributed by atoms with E-state index in [0.717, 1.165) is 35.8 Å². The highest BCUT2D eigenvalue weighted by Gasteiger charge is 2.34. The molecular formula is C29H35ClFN3O7S3. The predicted octanol–water partition coefficient (Wildman–Crippen LogP) is 4.49. The van der Waals surface area contributed by atoms with Crippen molar-refractivity contribution in [3.8, 4) is 5.75 Å². The number of carbonyl (C=O) groups excluding carboxylic acids is 3. The minimum atomic E-state index is -4.30. The molecule has 240 valence electrons. The quantitative estimate of drug-likeness (QED) is 0.287. The van der Waals surface area contributed by atoms with E-state index in [4.69, 9.17) is 21.1 Å². The number of amides is 1. The van der Waals surface area contributed by atoms with Gasteiger partial charge in [0.2, 0.25) is 10.0 Å². The van der Waals surface area contributed by atoms with Crippen molar-refractivity contribution in [1.29, 1.82) is 0 Å². The largest absolute Gasteiger partial charge is 0.459 e. The number of halogens is 2. The molecule has 2 saturated heterocycles. The second kappa shape index (κ2) is 14.4. The number of Topliss-reactive ketones (excluding diaryl/α,β-unsaturated/α-hetero) is 1. The third-order valence-corrected chi connectivity index (χ3v) is 10.7. The highest BCUT2D eigenvalue weighted by Crippen LogP contribution is 2.35. The van der Waals surface area contributed by atoms with Crippen LogP contribution >= 0.6 is 35.1 Å². The van der Waals surface area contributed by atoms with E-state index < -0.39 is 44.9 Å². The number of hydrogen-bond acceptors (Lipinski definition) is 10. The zero-order valence-electron chi connectivity index (χ0n) is 24.7. The SMILES string of the molecule is CC1CS[C@@H](C(=O)c2cc(C[C@H](NS(=O)(=O)c3ccc(F)cc3)C(=O)OC(C)(C)C)cc(Cl)c2OC(=O)N2CCSCC2)N1. The van der Waals surface area contributed by atoms with E-state index in [-0.39, 0.29) is 39.5 Å². The fourth-order valence-corrected chi connectivity index (χ4v) is 8.04. The van der Waals surface area contributed by atoms with E-state index in [1.165, 1.54) is 23.9 Å². The van der Waals surface area contributed by atoms with Gasteiger partial charge in [0.1, 0.15) is 22.8 Å². The summed E-state index contributed by atoms with van der Waals surface area (Å²) >= 11 is 9.77. The molecule has 2 fully saturated rings. The van der Waals surface area contributed by atoms with Gasteiger partial charge in [-0.2, -0.15) is 16.5 Å². The lowest BCUT2D eigenvalue weighted by Crippen LogP contribution is -2.45. The molecule has 2 aliphatic rings. The van der Waals surface area contributed by atoms with Crippen molar-refractivity contribution in [3.63, 3.8) is 0 Å². The molecule has 0 spiro atoms. The Bertz CT molecular complexity index is 1500. The number of thioether (sulfide) groups is 2. The molecule has 15 heteroatoms. The second-order valence-electron chi connectivity index (χ2n) is 11.4. The molecule has 10 nitrogen and oxygen atoms in total. The molecule has 4 rings (SSSR count). The van der Waals surface area contributed by atoms with Gasteiger partial charge in [0, 0.05) is 36.4 Å². The average molecular weight is 688 g/mol. The number of benzene rings is 2. The Hall–Kier alpha value is -2.36. The highest BCUT2D eigenvalue weighted by molar-refractivity contribution is 8.00. The van der Waals surface area contributed by atoms with Crippen LogP contribution in [0, 0.1) is 5.82 Å². The van der Waals surface area contributed by atoms with E-state index >= 15 is 0 Å². The Kier molecular flexibility index (Phi) is 11.3. The second-order valence-corrected chi connectivity index (χ2v) is 15.9. The number of ether oxygens (including phenoxy) is 2. The van der Waals surface area contributed by atoms with Crippen LogP contribution in [0.4, 0.5) is 9.18 Å². The summed E-state index contributed by atoms with van der Waals surface area (Å²) in [6.07, 6.45) is -0.887. The number of nitrogens with one attached hydrogen (secondary N) is 2. The molecule has 0 saturated carbocycles. The van der Waals surface area contributed by atoms with Gasteiger partial charge in [-0.3, -0.25) is 14.9 Å².